The van der Waals surface area contributed by atoms with E-state index in [4.69, 9.17) is 5.73 Å². The van der Waals surface area contributed by atoms with E-state index >= 15 is 0 Å². The van der Waals surface area contributed by atoms with Gasteiger partial charge < -0.3 is 11.1 Å². The molecule has 0 atom stereocenters. The second kappa shape index (κ2) is 5.25. The number of rotatable bonds is 3. The molecule has 7 nitrogen and oxygen atoms in total. The van der Waals surface area contributed by atoms with Crippen molar-refractivity contribution in [3.8, 4) is 0 Å². The molecule has 0 spiro atoms. The maximum atomic E-state index is 12.0. The topological polar surface area (TPSA) is 115 Å². The summed E-state index contributed by atoms with van der Waals surface area (Å²) in [4.78, 5) is 12.0. The Morgan fingerprint density at radius 1 is 1.30 bits per heavy atom. The van der Waals surface area contributed by atoms with Crippen LogP contribution >= 0.6 is 0 Å². The first-order chi connectivity index (χ1) is 9.36. The summed E-state index contributed by atoms with van der Waals surface area (Å²) in [5, 5.41) is 9.83. The third-order valence-corrected chi connectivity index (χ3v) is 3.53. The van der Waals surface area contributed by atoms with Crippen molar-refractivity contribution in [1.82, 2.24) is 10.2 Å². The Bertz CT molecular complexity index is 745. The lowest BCUT2D eigenvalue weighted by Crippen LogP contribution is -2.14. The van der Waals surface area contributed by atoms with Crippen LogP contribution in [-0.2, 0) is 9.84 Å². The van der Waals surface area contributed by atoms with Crippen LogP contribution in [0.15, 0.2) is 41.4 Å². The molecule has 0 unspecified atom stereocenters. The minimum atomic E-state index is -3.44. The Balaban J connectivity index is 2.33. The van der Waals surface area contributed by atoms with Gasteiger partial charge >= 0.3 is 0 Å². The Morgan fingerprint density at radius 2 is 2.05 bits per heavy atom. The number of nitrogens with two attached hydrogens (primary N) is 1. The minimum Gasteiger partial charge on any atom is -0.399 e. The molecule has 0 aliphatic carbocycles. The van der Waals surface area contributed by atoms with Crippen LogP contribution in [0.25, 0.3) is 0 Å². The first kappa shape index (κ1) is 13.9. The van der Waals surface area contributed by atoms with Crippen molar-refractivity contribution in [1.29, 1.82) is 0 Å². The fourth-order valence-corrected chi connectivity index (χ4v) is 2.22. The molecule has 1 aromatic heterocycles. The predicted octanol–water partition coefficient (Wildman–Crippen LogP) is 0.715. The second-order valence-electron chi connectivity index (χ2n) is 4.13. The quantitative estimate of drug-likeness (QED) is 0.805. The molecule has 0 aliphatic rings. The summed E-state index contributed by atoms with van der Waals surface area (Å²) in [6.45, 7) is 0. The summed E-state index contributed by atoms with van der Waals surface area (Å²) in [7, 11) is -3.44. The number of benzene rings is 1. The summed E-state index contributed by atoms with van der Waals surface area (Å²) in [6.07, 6.45) is 2.52. The Kier molecular flexibility index (Phi) is 3.66. The number of nitrogen functional groups attached to an aromatic ring is 1. The molecular formula is C12H12N4O3S. The molecule has 2 rings (SSSR count). The van der Waals surface area contributed by atoms with Crippen LogP contribution in [0.3, 0.4) is 0 Å². The summed E-state index contributed by atoms with van der Waals surface area (Å²) in [5.41, 5.74) is 5.94. The molecule has 2 aromatic rings. The molecule has 0 fully saturated rings. The second-order valence-corrected chi connectivity index (χ2v) is 6.14. The molecule has 3 N–H and O–H groups in total. The number of hydrogen-bond acceptors (Lipinski definition) is 6. The third-order valence-electron chi connectivity index (χ3n) is 2.43. The van der Waals surface area contributed by atoms with Gasteiger partial charge in [-0.2, -0.15) is 5.10 Å². The maximum absolute atomic E-state index is 12.0. The highest BCUT2D eigenvalue weighted by atomic mass is 32.2. The number of amides is 1. The van der Waals surface area contributed by atoms with Crippen LogP contribution in [0.2, 0.25) is 0 Å². The van der Waals surface area contributed by atoms with Crippen LogP contribution in [0.4, 0.5) is 11.5 Å². The Morgan fingerprint density at radius 3 is 2.65 bits per heavy atom. The van der Waals surface area contributed by atoms with Crippen LogP contribution in [0.5, 0.6) is 0 Å². The van der Waals surface area contributed by atoms with Crippen molar-refractivity contribution in [2.45, 2.75) is 4.90 Å². The Hall–Kier alpha value is -2.48. The van der Waals surface area contributed by atoms with Gasteiger partial charge in [-0.05, 0) is 30.3 Å². The molecule has 0 bridgehead atoms. The lowest BCUT2D eigenvalue weighted by molar-refractivity contribution is 0.102. The zero-order valence-electron chi connectivity index (χ0n) is 10.6. The molecule has 1 aromatic carbocycles. The smallest absolute Gasteiger partial charge is 0.256 e. The highest BCUT2D eigenvalue weighted by molar-refractivity contribution is 7.90. The van der Waals surface area contributed by atoms with Crippen LogP contribution in [0.1, 0.15) is 10.4 Å². The fourth-order valence-electron chi connectivity index (χ4n) is 1.52. The fraction of sp³-hybridized carbons (Fsp3) is 0.0833. The van der Waals surface area contributed by atoms with E-state index in [1.807, 2.05) is 0 Å². The molecule has 1 heterocycles. The monoisotopic (exact) mass is 292 g/mol. The average molecular weight is 292 g/mol. The minimum absolute atomic E-state index is 0.0122. The van der Waals surface area contributed by atoms with E-state index in [1.54, 1.807) is 12.1 Å². The van der Waals surface area contributed by atoms with Crippen molar-refractivity contribution >= 4 is 27.2 Å². The third kappa shape index (κ3) is 3.29. The van der Waals surface area contributed by atoms with Gasteiger partial charge in [0.25, 0.3) is 5.91 Å². The van der Waals surface area contributed by atoms with Gasteiger partial charge in [0.05, 0.1) is 4.90 Å². The maximum Gasteiger partial charge on any atom is 0.256 e. The van der Waals surface area contributed by atoms with Gasteiger partial charge in [-0.15, -0.1) is 5.10 Å². The van der Waals surface area contributed by atoms with E-state index in [2.05, 4.69) is 15.5 Å². The zero-order valence-corrected chi connectivity index (χ0v) is 11.4. The normalized spacial score (nSPS) is 11.1. The van der Waals surface area contributed by atoms with Gasteiger partial charge in [0, 0.05) is 23.7 Å². The van der Waals surface area contributed by atoms with Gasteiger partial charge in [-0.3, -0.25) is 4.79 Å². The molecule has 20 heavy (non-hydrogen) atoms. The zero-order chi connectivity index (χ0) is 14.8. The number of nitrogens with one attached hydrogen (secondary N) is 1. The van der Waals surface area contributed by atoms with E-state index in [0.717, 1.165) is 6.26 Å². The molecule has 0 radical (unpaired) electrons. The highest BCUT2D eigenvalue weighted by Gasteiger charge is 2.14. The first-order valence-corrected chi connectivity index (χ1v) is 7.45. The summed E-state index contributed by atoms with van der Waals surface area (Å²) < 4.78 is 23.0. The number of anilines is 2. The lowest BCUT2D eigenvalue weighted by Gasteiger charge is -2.07. The van der Waals surface area contributed by atoms with Gasteiger partial charge in [0.1, 0.15) is 0 Å². The standard InChI is InChI=1S/C12H12N4O3S/c1-20(18,19)10-6-8(5-9(13)7-10)12(17)15-11-3-2-4-14-16-11/h2-7H,13H2,1H3,(H,15,16,17). The first-order valence-electron chi connectivity index (χ1n) is 5.56. The van der Waals surface area contributed by atoms with Crippen molar-refractivity contribution in [3.63, 3.8) is 0 Å². The highest BCUT2D eigenvalue weighted by Crippen LogP contribution is 2.17. The summed E-state index contributed by atoms with van der Waals surface area (Å²) >= 11 is 0. The number of aromatic nitrogens is 2. The molecule has 0 saturated heterocycles. The van der Waals surface area contributed by atoms with Gasteiger partial charge in [0.15, 0.2) is 15.7 Å². The molecule has 0 aliphatic heterocycles. The average Bonchev–Trinajstić information content (AvgIpc) is 2.38. The predicted molar refractivity (Wildman–Crippen MR) is 73.9 cm³/mol. The van der Waals surface area contributed by atoms with Crippen molar-refractivity contribution in [3.05, 3.63) is 42.1 Å². The van der Waals surface area contributed by atoms with Crippen molar-refractivity contribution < 1.29 is 13.2 Å². The van der Waals surface area contributed by atoms with E-state index in [-0.39, 0.29) is 22.0 Å². The molecule has 8 heteroatoms. The van der Waals surface area contributed by atoms with E-state index in [1.165, 1.54) is 24.4 Å². The molecule has 1 amide bonds. The van der Waals surface area contributed by atoms with Gasteiger partial charge in [-0.1, -0.05) is 0 Å². The summed E-state index contributed by atoms with van der Waals surface area (Å²) in [6, 6.07) is 7.13. The number of carbonyl (C=O) groups is 1. The van der Waals surface area contributed by atoms with E-state index in [0.29, 0.717) is 0 Å². The molecule has 104 valence electrons. The van der Waals surface area contributed by atoms with Crippen LogP contribution in [0, 0.1) is 0 Å². The van der Waals surface area contributed by atoms with E-state index in [9.17, 15) is 13.2 Å². The lowest BCUT2D eigenvalue weighted by atomic mass is 10.2. The largest absolute Gasteiger partial charge is 0.399 e. The SMILES string of the molecule is CS(=O)(=O)c1cc(N)cc(C(=O)Nc2cccnn2)c1. The van der Waals surface area contributed by atoms with Crippen LogP contribution < -0.4 is 11.1 Å². The van der Waals surface area contributed by atoms with E-state index < -0.39 is 15.7 Å². The molecular weight excluding hydrogens is 280 g/mol. The Labute approximate surface area is 115 Å². The molecule has 0 saturated carbocycles. The number of hydrogen-bond donors (Lipinski definition) is 2. The van der Waals surface area contributed by atoms with Crippen molar-refractivity contribution in [2.75, 3.05) is 17.3 Å². The van der Waals surface area contributed by atoms with Crippen molar-refractivity contribution in [2.24, 2.45) is 0 Å². The van der Waals surface area contributed by atoms with Crippen LogP contribution in [-0.4, -0.2) is 30.8 Å². The number of sulfone groups is 1. The van der Waals surface area contributed by atoms with Gasteiger partial charge in [-0.25, -0.2) is 8.42 Å². The van der Waals surface area contributed by atoms with Gasteiger partial charge in [0.2, 0.25) is 0 Å². The number of nitrogens with zero attached hydrogens (tertiary/aromatic N) is 2. The number of carbonyl (C=O) groups excluding carboxylic acids is 1. The summed E-state index contributed by atoms with van der Waals surface area (Å²) in [5.74, 6) is -0.247.